The molecule has 2 aliphatic rings. The third-order valence-corrected chi connectivity index (χ3v) is 7.02. The third kappa shape index (κ3) is 4.18. The summed E-state index contributed by atoms with van der Waals surface area (Å²) in [4.78, 5) is 19.5. The molecule has 0 bridgehead atoms. The first-order chi connectivity index (χ1) is 13.3. The van der Waals surface area contributed by atoms with Crippen LogP contribution >= 0.6 is 11.3 Å². The van der Waals surface area contributed by atoms with Crippen LogP contribution in [0.15, 0.2) is 22.8 Å². The first-order valence-electron chi connectivity index (χ1n) is 10.3. The maximum atomic E-state index is 12.8. The van der Waals surface area contributed by atoms with Crippen LogP contribution < -0.4 is 10.9 Å². The average molecular weight is 388 g/mol. The van der Waals surface area contributed by atoms with E-state index < -0.39 is 0 Å². The van der Waals surface area contributed by atoms with Crippen LogP contribution in [0.25, 0.3) is 10.2 Å². The Kier molecular flexibility index (Phi) is 6.05. The highest BCUT2D eigenvalue weighted by Crippen LogP contribution is 2.33. The van der Waals surface area contributed by atoms with E-state index in [1.807, 2.05) is 0 Å². The van der Waals surface area contributed by atoms with Gasteiger partial charge in [-0.25, -0.2) is 4.98 Å². The van der Waals surface area contributed by atoms with E-state index in [0.29, 0.717) is 19.0 Å². The second-order valence-corrected chi connectivity index (χ2v) is 8.84. The molecule has 4 rings (SSSR count). The van der Waals surface area contributed by atoms with Gasteiger partial charge in [-0.2, -0.15) is 0 Å². The lowest BCUT2D eigenvalue weighted by Gasteiger charge is -2.24. The Hall–Kier alpha value is -1.50. The van der Waals surface area contributed by atoms with Crippen molar-refractivity contribution in [3.63, 3.8) is 0 Å². The number of aryl methyl sites for hydroxylation is 2. The number of aliphatic hydroxyl groups excluding tert-OH is 1. The molecule has 0 amide bonds. The van der Waals surface area contributed by atoms with Gasteiger partial charge in [-0.1, -0.05) is 11.6 Å². The van der Waals surface area contributed by atoms with Crippen molar-refractivity contribution in [2.75, 3.05) is 13.2 Å². The highest BCUT2D eigenvalue weighted by Gasteiger charge is 2.25. The van der Waals surface area contributed by atoms with Crippen LogP contribution in [0.5, 0.6) is 0 Å². The minimum atomic E-state index is 0.0570. The minimum Gasteiger partial charge on any atom is -0.396 e. The van der Waals surface area contributed by atoms with Gasteiger partial charge in [-0.05, 0) is 69.9 Å². The van der Waals surface area contributed by atoms with Gasteiger partial charge in [0.05, 0.1) is 11.7 Å². The predicted molar refractivity (Wildman–Crippen MR) is 111 cm³/mol. The number of nitrogens with one attached hydrogen (secondary N) is 1. The number of fused-ring (bicyclic) bond motifs is 3. The fraction of sp³-hybridized carbons (Fsp3) is 0.619. The Morgan fingerprint density at radius 2 is 2.26 bits per heavy atom. The van der Waals surface area contributed by atoms with Gasteiger partial charge in [0.1, 0.15) is 4.83 Å². The van der Waals surface area contributed by atoms with Gasteiger partial charge in [0, 0.05) is 24.1 Å². The average Bonchev–Trinajstić information content (AvgIpc) is 3.07. The molecule has 1 unspecified atom stereocenters. The van der Waals surface area contributed by atoms with E-state index in [0.717, 1.165) is 36.0 Å². The fourth-order valence-electron chi connectivity index (χ4n) is 4.34. The molecule has 2 heterocycles. The minimum absolute atomic E-state index is 0.0570. The van der Waals surface area contributed by atoms with Crippen molar-refractivity contribution in [3.05, 3.63) is 38.8 Å². The van der Waals surface area contributed by atoms with Crippen LogP contribution in [0, 0.1) is 0 Å². The number of hydrogen-bond acceptors (Lipinski definition) is 5. The molecule has 0 saturated carbocycles. The summed E-state index contributed by atoms with van der Waals surface area (Å²) in [5, 5.41) is 13.6. The first kappa shape index (κ1) is 18.8. The number of allylic oxidation sites excluding steroid dienone is 1. The van der Waals surface area contributed by atoms with Gasteiger partial charge >= 0.3 is 0 Å². The molecule has 0 aliphatic heterocycles. The van der Waals surface area contributed by atoms with E-state index in [1.165, 1.54) is 42.5 Å². The number of aromatic nitrogens is 2. The molecule has 2 aromatic rings. The Labute approximate surface area is 164 Å². The summed E-state index contributed by atoms with van der Waals surface area (Å²) in [6.07, 6.45) is 14.1. The smallest absolute Gasteiger partial charge is 0.262 e. The van der Waals surface area contributed by atoms with E-state index >= 15 is 0 Å². The molecule has 1 atom stereocenters. The molecular weight excluding hydrogens is 358 g/mol. The number of aliphatic hydroxyl groups is 1. The Morgan fingerprint density at radius 3 is 3.07 bits per heavy atom. The Bertz CT molecular complexity index is 883. The highest BCUT2D eigenvalue weighted by molar-refractivity contribution is 7.18. The molecule has 2 aliphatic carbocycles. The van der Waals surface area contributed by atoms with Crippen molar-refractivity contribution in [2.24, 2.45) is 0 Å². The molecule has 27 heavy (non-hydrogen) atoms. The molecule has 146 valence electrons. The van der Waals surface area contributed by atoms with Crippen molar-refractivity contribution in [2.45, 2.75) is 70.4 Å². The van der Waals surface area contributed by atoms with Crippen LogP contribution in [-0.4, -0.2) is 33.9 Å². The van der Waals surface area contributed by atoms with Crippen LogP contribution in [0.4, 0.5) is 0 Å². The maximum absolute atomic E-state index is 12.8. The zero-order valence-electron chi connectivity index (χ0n) is 15.9. The van der Waals surface area contributed by atoms with Crippen molar-refractivity contribution in [1.82, 2.24) is 14.9 Å². The second kappa shape index (κ2) is 8.67. The molecule has 6 heteroatoms. The normalized spacial score (nSPS) is 19.9. The molecule has 2 N–H and O–H groups in total. The van der Waals surface area contributed by atoms with E-state index in [-0.39, 0.29) is 12.2 Å². The summed E-state index contributed by atoms with van der Waals surface area (Å²) in [5.74, 6) is 0. The van der Waals surface area contributed by atoms with Gasteiger partial charge < -0.3 is 10.4 Å². The number of rotatable bonds is 7. The summed E-state index contributed by atoms with van der Waals surface area (Å²) in [6, 6.07) is 0.506. The summed E-state index contributed by atoms with van der Waals surface area (Å²) in [5.41, 5.74) is 2.90. The molecular formula is C21H29N3O2S. The van der Waals surface area contributed by atoms with E-state index in [4.69, 9.17) is 5.11 Å². The largest absolute Gasteiger partial charge is 0.396 e. The van der Waals surface area contributed by atoms with Crippen LogP contribution in [-0.2, 0) is 19.4 Å². The van der Waals surface area contributed by atoms with Crippen molar-refractivity contribution in [1.29, 1.82) is 0 Å². The SMILES string of the molecule is O=c1c2c3c(sc2ncn1CCCO)CC(NCCC1=CCCCC1)CC3. The Morgan fingerprint density at radius 1 is 1.33 bits per heavy atom. The molecule has 2 aromatic heterocycles. The molecule has 5 nitrogen and oxygen atoms in total. The van der Waals surface area contributed by atoms with Gasteiger partial charge in [-0.3, -0.25) is 9.36 Å². The molecule has 0 fully saturated rings. The zero-order valence-corrected chi connectivity index (χ0v) is 16.7. The van der Waals surface area contributed by atoms with Crippen LogP contribution in [0.2, 0.25) is 0 Å². The van der Waals surface area contributed by atoms with E-state index in [2.05, 4.69) is 16.4 Å². The summed E-state index contributed by atoms with van der Waals surface area (Å²) in [6.45, 7) is 1.68. The molecule has 0 spiro atoms. The van der Waals surface area contributed by atoms with E-state index in [1.54, 1.807) is 27.8 Å². The predicted octanol–water partition coefficient (Wildman–Crippen LogP) is 3.18. The highest BCUT2D eigenvalue weighted by atomic mass is 32.1. The molecule has 0 radical (unpaired) electrons. The number of nitrogens with zero attached hydrogens (tertiary/aromatic N) is 2. The maximum Gasteiger partial charge on any atom is 0.262 e. The molecule has 0 saturated heterocycles. The third-order valence-electron chi connectivity index (χ3n) is 5.86. The summed E-state index contributed by atoms with van der Waals surface area (Å²) in [7, 11) is 0. The summed E-state index contributed by atoms with van der Waals surface area (Å²) < 4.78 is 1.65. The number of thiophene rings is 1. The lowest BCUT2D eigenvalue weighted by atomic mass is 9.92. The topological polar surface area (TPSA) is 67.2 Å². The van der Waals surface area contributed by atoms with Gasteiger partial charge in [0.15, 0.2) is 0 Å². The van der Waals surface area contributed by atoms with Gasteiger partial charge in [-0.15, -0.1) is 11.3 Å². The monoisotopic (exact) mass is 387 g/mol. The zero-order chi connectivity index (χ0) is 18.6. The quantitative estimate of drug-likeness (QED) is 0.716. The molecule has 0 aromatic carbocycles. The lowest BCUT2D eigenvalue weighted by molar-refractivity contribution is 0.279. The second-order valence-electron chi connectivity index (χ2n) is 7.76. The lowest BCUT2D eigenvalue weighted by Crippen LogP contribution is -2.35. The van der Waals surface area contributed by atoms with E-state index in [9.17, 15) is 4.79 Å². The van der Waals surface area contributed by atoms with Crippen LogP contribution in [0.1, 0.15) is 55.4 Å². The van der Waals surface area contributed by atoms with Gasteiger partial charge in [0.25, 0.3) is 5.56 Å². The van der Waals surface area contributed by atoms with Crippen molar-refractivity contribution >= 4 is 21.6 Å². The van der Waals surface area contributed by atoms with Crippen molar-refractivity contribution < 1.29 is 5.11 Å². The Balaban J connectivity index is 1.43. The van der Waals surface area contributed by atoms with Crippen LogP contribution in [0.3, 0.4) is 0 Å². The number of hydrogen-bond donors (Lipinski definition) is 2. The van der Waals surface area contributed by atoms with Crippen molar-refractivity contribution in [3.8, 4) is 0 Å². The van der Waals surface area contributed by atoms with Gasteiger partial charge in [0.2, 0.25) is 0 Å². The summed E-state index contributed by atoms with van der Waals surface area (Å²) >= 11 is 1.69. The first-order valence-corrected chi connectivity index (χ1v) is 11.1. The standard InChI is InChI=1S/C21H29N3O2S/c25-12-4-11-24-14-23-20-19(21(24)26)17-8-7-16(13-18(17)27-20)22-10-9-15-5-2-1-3-6-15/h5,14,16,22,25H,1-4,6-13H2. The fourth-order valence-corrected chi connectivity index (χ4v) is 5.60.